The largest absolute Gasteiger partial charge is 0.369 e. The number of aromatic nitrogens is 2. The third kappa shape index (κ3) is 2.93. The number of para-hydroxylation sites is 1. The predicted molar refractivity (Wildman–Crippen MR) is 77.0 cm³/mol. The van der Waals surface area contributed by atoms with Crippen molar-refractivity contribution < 1.29 is 16.8 Å². The molecule has 2 rings (SSSR count). The van der Waals surface area contributed by atoms with Crippen molar-refractivity contribution in [2.45, 2.75) is 11.4 Å². The highest BCUT2D eigenvalue weighted by Gasteiger charge is 2.18. The molecule has 0 unspecified atom stereocenters. The molecule has 110 valence electrons. The summed E-state index contributed by atoms with van der Waals surface area (Å²) >= 11 is 0. The van der Waals surface area contributed by atoms with Gasteiger partial charge in [0.2, 0.25) is 5.95 Å². The smallest absolute Gasteiger partial charge is 0.201 e. The van der Waals surface area contributed by atoms with Gasteiger partial charge in [0.1, 0.15) is 15.4 Å². The van der Waals surface area contributed by atoms with E-state index >= 15 is 0 Å². The lowest BCUT2D eigenvalue weighted by Crippen LogP contribution is -2.13. The van der Waals surface area contributed by atoms with Gasteiger partial charge in [-0.2, -0.15) is 0 Å². The molecule has 0 radical (unpaired) electrons. The van der Waals surface area contributed by atoms with E-state index in [-0.39, 0.29) is 28.7 Å². The number of hydrogen-bond acceptors (Lipinski definition) is 6. The summed E-state index contributed by atoms with van der Waals surface area (Å²) in [5.41, 5.74) is 6.53. The summed E-state index contributed by atoms with van der Waals surface area (Å²) in [5, 5.41) is 0. The molecule has 1 aromatic carbocycles. The van der Waals surface area contributed by atoms with E-state index < -0.39 is 19.7 Å². The van der Waals surface area contributed by atoms with Gasteiger partial charge in [-0.3, -0.25) is 0 Å². The Kier molecular flexibility index (Phi) is 3.51. The number of imidazole rings is 1. The van der Waals surface area contributed by atoms with Gasteiger partial charge in [-0.1, -0.05) is 6.07 Å². The maximum absolute atomic E-state index is 11.7. The van der Waals surface area contributed by atoms with Crippen molar-refractivity contribution in [3.63, 3.8) is 0 Å². The van der Waals surface area contributed by atoms with Crippen LogP contribution in [0.2, 0.25) is 0 Å². The molecule has 2 aromatic rings. The maximum atomic E-state index is 11.7. The zero-order valence-electron chi connectivity index (χ0n) is 11.1. The molecule has 7 nitrogen and oxygen atoms in total. The molecule has 0 aliphatic carbocycles. The lowest BCUT2D eigenvalue weighted by atomic mass is 10.3. The van der Waals surface area contributed by atoms with E-state index in [1.54, 1.807) is 12.1 Å². The second-order valence-corrected chi connectivity index (χ2v) is 8.89. The van der Waals surface area contributed by atoms with E-state index in [4.69, 9.17) is 5.73 Å². The summed E-state index contributed by atoms with van der Waals surface area (Å²) in [6, 6.07) is 4.69. The minimum Gasteiger partial charge on any atom is -0.369 e. The molecule has 0 aliphatic rings. The Bertz CT molecular complexity index is 866. The van der Waals surface area contributed by atoms with Gasteiger partial charge in [0.15, 0.2) is 9.84 Å². The van der Waals surface area contributed by atoms with E-state index in [2.05, 4.69) is 4.98 Å². The fraction of sp³-hybridized carbons (Fsp3) is 0.364. The van der Waals surface area contributed by atoms with E-state index in [9.17, 15) is 16.8 Å². The molecule has 1 aromatic heterocycles. The van der Waals surface area contributed by atoms with E-state index in [0.29, 0.717) is 5.52 Å². The van der Waals surface area contributed by atoms with Crippen LogP contribution in [0.15, 0.2) is 23.1 Å². The molecule has 0 amide bonds. The van der Waals surface area contributed by atoms with Gasteiger partial charge in [0.25, 0.3) is 0 Å². The molecule has 0 spiro atoms. The topological polar surface area (TPSA) is 112 Å². The maximum Gasteiger partial charge on any atom is 0.201 e. The Labute approximate surface area is 117 Å². The zero-order chi connectivity index (χ0) is 15.1. The number of nitrogens with zero attached hydrogens (tertiary/aromatic N) is 2. The quantitative estimate of drug-likeness (QED) is 0.853. The second-order valence-electron chi connectivity index (χ2n) is 4.65. The second kappa shape index (κ2) is 4.74. The van der Waals surface area contributed by atoms with Crippen molar-refractivity contribution in [1.29, 1.82) is 0 Å². The fourth-order valence-corrected chi connectivity index (χ4v) is 3.27. The van der Waals surface area contributed by atoms with Crippen LogP contribution in [-0.4, -0.2) is 44.7 Å². The Morgan fingerprint density at radius 2 is 1.85 bits per heavy atom. The van der Waals surface area contributed by atoms with Crippen molar-refractivity contribution >= 4 is 36.7 Å². The number of benzene rings is 1. The molecule has 9 heteroatoms. The molecule has 0 saturated carbocycles. The Morgan fingerprint density at radius 1 is 1.20 bits per heavy atom. The van der Waals surface area contributed by atoms with Crippen LogP contribution in [0.4, 0.5) is 5.95 Å². The van der Waals surface area contributed by atoms with Crippen LogP contribution in [0, 0.1) is 0 Å². The lowest BCUT2D eigenvalue weighted by molar-refractivity contribution is 0.595. The Morgan fingerprint density at radius 3 is 2.40 bits per heavy atom. The summed E-state index contributed by atoms with van der Waals surface area (Å²) in [6.45, 7) is 0.133. The van der Waals surface area contributed by atoms with Crippen molar-refractivity contribution in [1.82, 2.24) is 9.55 Å². The average Bonchev–Trinajstić information content (AvgIpc) is 2.59. The molecule has 0 saturated heterocycles. The van der Waals surface area contributed by atoms with Crippen molar-refractivity contribution in [3.05, 3.63) is 18.2 Å². The highest BCUT2D eigenvalue weighted by Crippen LogP contribution is 2.24. The van der Waals surface area contributed by atoms with Gasteiger partial charge in [-0.25, -0.2) is 21.8 Å². The highest BCUT2D eigenvalue weighted by molar-refractivity contribution is 7.91. The molecule has 0 atom stereocenters. The lowest BCUT2D eigenvalue weighted by Gasteiger charge is -2.05. The van der Waals surface area contributed by atoms with Crippen LogP contribution in [0.25, 0.3) is 11.0 Å². The molecule has 0 fully saturated rings. The first kappa shape index (κ1) is 14.8. The molecular weight excluding hydrogens is 302 g/mol. The monoisotopic (exact) mass is 317 g/mol. The average molecular weight is 317 g/mol. The first-order chi connectivity index (χ1) is 9.09. The molecule has 2 N–H and O–H groups in total. The van der Waals surface area contributed by atoms with E-state index in [0.717, 1.165) is 12.5 Å². The standard InChI is InChI=1S/C11H15N3O4S2/c1-19(15,16)7-6-14-8-4-3-5-9(20(2,17)18)10(8)13-11(14)12/h3-5H,6-7H2,1-2H3,(H2,12,13). The van der Waals surface area contributed by atoms with Gasteiger partial charge in [0, 0.05) is 19.1 Å². The van der Waals surface area contributed by atoms with Crippen LogP contribution >= 0.6 is 0 Å². The Balaban J connectivity index is 2.61. The van der Waals surface area contributed by atoms with Gasteiger partial charge < -0.3 is 10.3 Å². The summed E-state index contributed by atoms with van der Waals surface area (Å²) in [7, 11) is -6.57. The van der Waals surface area contributed by atoms with E-state index in [1.807, 2.05) is 0 Å². The Hall–Kier alpha value is -1.61. The first-order valence-electron chi connectivity index (χ1n) is 5.72. The number of nitrogens with two attached hydrogens (primary N) is 1. The molecule has 20 heavy (non-hydrogen) atoms. The minimum absolute atomic E-state index is 0.0832. The number of aryl methyl sites for hydroxylation is 1. The van der Waals surface area contributed by atoms with Gasteiger partial charge >= 0.3 is 0 Å². The third-order valence-electron chi connectivity index (χ3n) is 2.86. The normalized spacial score (nSPS) is 12.9. The predicted octanol–water partition coefficient (Wildman–Crippen LogP) is 0.0666. The minimum atomic E-state index is -3.43. The summed E-state index contributed by atoms with van der Waals surface area (Å²) in [6.07, 6.45) is 2.22. The number of hydrogen-bond donors (Lipinski definition) is 1. The van der Waals surface area contributed by atoms with Crippen molar-refractivity contribution in [2.75, 3.05) is 24.0 Å². The summed E-state index contributed by atoms with van der Waals surface area (Å²) in [5.74, 6) is 0.00549. The summed E-state index contributed by atoms with van der Waals surface area (Å²) < 4.78 is 47.4. The van der Waals surface area contributed by atoms with Crippen LogP contribution in [0.1, 0.15) is 0 Å². The van der Waals surface area contributed by atoms with Gasteiger partial charge in [-0.15, -0.1) is 0 Å². The highest BCUT2D eigenvalue weighted by atomic mass is 32.2. The van der Waals surface area contributed by atoms with Crippen molar-refractivity contribution in [3.8, 4) is 0 Å². The number of sulfone groups is 2. The molecular formula is C11H15N3O4S2. The SMILES string of the molecule is CS(=O)(=O)CCn1c(N)nc2c(S(C)(=O)=O)cccc21. The van der Waals surface area contributed by atoms with Crippen LogP contribution in [-0.2, 0) is 26.2 Å². The molecule has 0 bridgehead atoms. The number of anilines is 1. The van der Waals surface area contributed by atoms with Crippen LogP contribution < -0.4 is 5.73 Å². The first-order valence-corrected chi connectivity index (χ1v) is 9.67. The summed E-state index contributed by atoms with van der Waals surface area (Å²) in [4.78, 5) is 4.13. The van der Waals surface area contributed by atoms with Crippen LogP contribution in [0.3, 0.4) is 0 Å². The number of fused-ring (bicyclic) bond motifs is 1. The van der Waals surface area contributed by atoms with Gasteiger partial charge in [-0.05, 0) is 12.1 Å². The fourth-order valence-electron chi connectivity index (χ4n) is 1.93. The third-order valence-corrected chi connectivity index (χ3v) is 4.91. The van der Waals surface area contributed by atoms with E-state index in [1.165, 1.54) is 10.6 Å². The van der Waals surface area contributed by atoms with Crippen LogP contribution in [0.5, 0.6) is 0 Å². The number of rotatable bonds is 4. The molecule has 0 aliphatic heterocycles. The molecule has 1 heterocycles. The van der Waals surface area contributed by atoms with Gasteiger partial charge in [0.05, 0.1) is 16.2 Å². The zero-order valence-corrected chi connectivity index (χ0v) is 12.7. The number of nitrogen functional groups attached to an aromatic ring is 1. The van der Waals surface area contributed by atoms with Crippen molar-refractivity contribution in [2.24, 2.45) is 0 Å².